The number of thiazole rings is 1. The number of Topliss-reactive ketones (excluding diaryl/α,β-unsaturated/α-hetero) is 1. The molecular formula is C18H18N2O4S2. The number of amides is 1. The van der Waals surface area contributed by atoms with Crippen LogP contribution in [0.25, 0.3) is 0 Å². The van der Waals surface area contributed by atoms with E-state index in [1.54, 1.807) is 36.4 Å². The topological polar surface area (TPSA) is 76.6 Å². The highest BCUT2D eigenvalue weighted by Gasteiger charge is 2.24. The van der Waals surface area contributed by atoms with Crippen LogP contribution in [0.1, 0.15) is 28.5 Å². The SMILES string of the molecule is CCOC(=O)Cc1csc(SCC(=O)c2ccc3c(c2)CC(=O)N3C)n1. The summed E-state index contributed by atoms with van der Waals surface area (Å²) in [6.07, 6.45) is 0.481. The lowest BCUT2D eigenvalue weighted by molar-refractivity contribution is -0.142. The molecule has 3 rings (SSSR count). The highest BCUT2D eigenvalue weighted by Crippen LogP contribution is 2.29. The molecule has 1 aromatic carbocycles. The number of benzene rings is 1. The number of thioether (sulfide) groups is 1. The number of hydrogen-bond donors (Lipinski definition) is 0. The summed E-state index contributed by atoms with van der Waals surface area (Å²) in [6, 6.07) is 5.37. The van der Waals surface area contributed by atoms with Gasteiger partial charge in [0.05, 0.1) is 30.9 Å². The van der Waals surface area contributed by atoms with Crippen molar-refractivity contribution in [2.75, 3.05) is 24.3 Å². The largest absolute Gasteiger partial charge is 0.466 e. The molecule has 2 heterocycles. The maximum absolute atomic E-state index is 12.4. The van der Waals surface area contributed by atoms with Crippen molar-refractivity contribution in [2.45, 2.75) is 24.1 Å². The number of esters is 1. The van der Waals surface area contributed by atoms with Gasteiger partial charge in [-0.1, -0.05) is 11.8 Å². The molecular weight excluding hydrogens is 372 g/mol. The van der Waals surface area contributed by atoms with Gasteiger partial charge in [-0.25, -0.2) is 4.98 Å². The second-order valence-electron chi connectivity index (χ2n) is 5.77. The molecule has 26 heavy (non-hydrogen) atoms. The van der Waals surface area contributed by atoms with Crippen LogP contribution in [-0.4, -0.2) is 42.1 Å². The molecule has 1 amide bonds. The van der Waals surface area contributed by atoms with E-state index in [0.29, 0.717) is 24.3 Å². The number of hydrogen-bond acceptors (Lipinski definition) is 7. The van der Waals surface area contributed by atoms with Gasteiger partial charge in [-0.15, -0.1) is 11.3 Å². The monoisotopic (exact) mass is 390 g/mol. The van der Waals surface area contributed by atoms with Crippen molar-refractivity contribution in [1.82, 2.24) is 4.98 Å². The number of ether oxygens (including phenoxy) is 1. The van der Waals surface area contributed by atoms with E-state index in [9.17, 15) is 14.4 Å². The van der Waals surface area contributed by atoms with Crippen molar-refractivity contribution < 1.29 is 19.1 Å². The minimum Gasteiger partial charge on any atom is -0.466 e. The van der Waals surface area contributed by atoms with Gasteiger partial charge in [0.2, 0.25) is 5.91 Å². The third-order valence-corrected chi connectivity index (χ3v) is 6.04. The van der Waals surface area contributed by atoms with E-state index >= 15 is 0 Å². The van der Waals surface area contributed by atoms with Gasteiger partial charge in [0.1, 0.15) is 0 Å². The molecule has 0 fully saturated rings. The number of carbonyl (C=O) groups excluding carboxylic acids is 3. The molecule has 0 N–H and O–H groups in total. The predicted octanol–water partition coefficient (Wildman–Crippen LogP) is 2.74. The molecule has 1 aliphatic heterocycles. The van der Waals surface area contributed by atoms with Gasteiger partial charge in [-0.05, 0) is 30.7 Å². The number of likely N-dealkylation sites (N-methyl/N-ethyl adjacent to an activating group) is 1. The average Bonchev–Trinajstić information content (AvgIpc) is 3.17. The molecule has 0 saturated heterocycles. The summed E-state index contributed by atoms with van der Waals surface area (Å²) in [5.74, 6) is -0.0181. The maximum Gasteiger partial charge on any atom is 0.311 e. The number of rotatable bonds is 7. The molecule has 0 bridgehead atoms. The molecule has 2 aromatic rings. The molecule has 6 nitrogen and oxygen atoms in total. The van der Waals surface area contributed by atoms with Gasteiger partial charge in [-0.2, -0.15) is 0 Å². The molecule has 0 spiro atoms. The zero-order valence-electron chi connectivity index (χ0n) is 14.5. The highest BCUT2D eigenvalue weighted by atomic mass is 32.2. The summed E-state index contributed by atoms with van der Waals surface area (Å²) in [5.41, 5.74) is 3.01. The van der Waals surface area contributed by atoms with Crippen LogP contribution in [0.5, 0.6) is 0 Å². The Kier molecular flexibility index (Phi) is 5.73. The lowest BCUT2D eigenvalue weighted by Gasteiger charge is -2.10. The van der Waals surface area contributed by atoms with Crippen LogP contribution in [0.2, 0.25) is 0 Å². The predicted molar refractivity (Wildman–Crippen MR) is 101 cm³/mol. The molecule has 0 saturated carbocycles. The average molecular weight is 390 g/mol. The van der Waals surface area contributed by atoms with Gasteiger partial charge >= 0.3 is 5.97 Å². The summed E-state index contributed by atoms with van der Waals surface area (Å²) in [7, 11) is 1.74. The molecule has 1 aromatic heterocycles. The summed E-state index contributed by atoms with van der Waals surface area (Å²) in [5, 5.41) is 1.81. The summed E-state index contributed by atoms with van der Waals surface area (Å²) < 4.78 is 5.64. The first-order valence-electron chi connectivity index (χ1n) is 8.13. The normalized spacial score (nSPS) is 13.0. The van der Waals surface area contributed by atoms with E-state index in [4.69, 9.17) is 4.74 Å². The number of fused-ring (bicyclic) bond motifs is 1. The Hall–Kier alpha value is -2.19. The van der Waals surface area contributed by atoms with Crippen LogP contribution in [-0.2, 0) is 27.2 Å². The van der Waals surface area contributed by atoms with Crippen molar-refractivity contribution in [3.63, 3.8) is 0 Å². The van der Waals surface area contributed by atoms with E-state index < -0.39 is 0 Å². The Balaban J connectivity index is 1.58. The molecule has 0 radical (unpaired) electrons. The number of nitrogens with zero attached hydrogens (tertiary/aromatic N) is 2. The fourth-order valence-corrected chi connectivity index (χ4v) is 4.39. The minimum atomic E-state index is -0.303. The Bertz CT molecular complexity index is 863. The standard InChI is InChI=1S/C18H18N2O4S2/c1-3-24-17(23)8-13-9-25-18(19-13)26-10-15(21)11-4-5-14-12(6-11)7-16(22)20(14)2/h4-6,9H,3,7-8,10H2,1-2H3. The Morgan fingerprint density at radius 3 is 2.96 bits per heavy atom. The van der Waals surface area contributed by atoms with Gasteiger partial charge in [0.15, 0.2) is 10.1 Å². The number of anilines is 1. The smallest absolute Gasteiger partial charge is 0.311 e. The Labute approximate surface area is 159 Å². The van der Waals surface area contributed by atoms with E-state index in [1.807, 2.05) is 6.07 Å². The van der Waals surface area contributed by atoms with E-state index in [1.165, 1.54) is 23.1 Å². The van der Waals surface area contributed by atoms with Crippen LogP contribution in [0.15, 0.2) is 27.9 Å². The van der Waals surface area contributed by atoms with Gasteiger partial charge in [0, 0.05) is 23.7 Å². The zero-order valence-corrected chi connectivity index (χ0v) is 16.1. The van der Waals surface area contributed by atoms with Crippen LogP contribution >= 0.6 is 23.1 Å². The molecule has 1 aliphatic rings. The van der Waals surface area contributed by atoms with Crippen molar-refractivity contribution in [3.05, 3.63) is 40.4 Å². The van der Waals surface area contributed by atoms with E-state index in [2.05, 4.69) is 4.98 Å². The van der Waals surface area contributed by atoms with Crippen LogP contribution < -0.4 is 4.90 Å². The summed E-state index contributed by atoms with van der Waals surface area (Å²) >= 11 is 2.76. The number of carbonyl (C=O) groups is 3. The lowest BCUT2D eigenvalue weighted by atomic mass is 10.1. The first-order chi connectivity index (χ1) is 12.5. The first kappa shape index (κ1) is 18.6. The van der Waals surface area contributed by atoms with Gasteiger partial charge in [-0.3, -0.25) is 14.4 Å². The second kappa shape index (κ2) is 8.01. The fraction of sp³-hybridized carbons (Fsp3) is 0.333. The third kappa shape index (κ3) is 4.13. The quantitative estimate of drug-likeness (QED) is 0.411. The number of ketones is 1. The lowest BCUT2D eigenvalue weighted by Crippen LogP contribution is -2.20. The number of aromatic nitrogens is 1. The van der Waals surface area contributed by atoms with Crippen LogP contribution in [0.3, 0.4) is 0 Å². The maximum atomic E-state index is 12.4. The summed E-state index contributed by atoms with van der Waals surface area (Å²) in [6.45, 7) is 2.11. The first-order valence-corrected chi connectivity index (χ1v) is 10.00. The van der Waals surface area contributed by atoms with E-state index in [0.717, 1.165) is 15.6 Å². The van der Waals surface area contributed by atoms with E-state index in [-0.39, 0.29) is 29.8 Å². The fourth-order valence-electron chi connectivity index (χ4n) is 2.65. The van der Waals surface area contributed by atoms with Crippen molar-refractivity contribution in [1.29, 1.82) is 0 Å². The molecule has 0 unspecified atom stereocenters. The van der Waals surface area contributed by atoms with Crippen molar-refractivity contribution >= 4 is 46.4 Å². The van der Waals surface area contributed by atoms with Crippen molar-refractivity contribution in [3.8, 4) is 0 Å². The molecule has 0 atom stereocenters. The third-order valence-electron chi connectivity index (χ3n) is 3.97. The second-order valence-corrected chi connectivity index (χ2v) is 7.85. The Morgan fingerprint density at radius 1 is 1.38 bits per heavy atom. The zero-order chi connectivity index (χ0) is 18.7. The summed E-state index contributed by atoms with van der Waals surface area (Å²) in [4.78, 5) is 41.6. The molecule has 136 valence electrons. The molecule has 0 aliphatic carbocycles. The van der Waals surface area contributed by atoms with Crippen LogP contribution in [0.4, 0.5) is 5.69 Å². The van der Waals surface area contributed by atoms with Gasteiger partial charge < -0.3 is 9.64 Å². The molecule has 8 heteroatoms. The minimum absolute atomic E-state index is 0.0121. The van der Waals surface area contributed by atoms with Crippen molar-refractivity contribution in [2.24, 2.45) is 0 Å². The van der Waals surface area contributed by atoms with Crippen LogP contribution in [0, 0.1) is 0 Å². The van der Waals surface area contributed by atoms with Gasteiger partial charge in [0.25, 0.3) is 0 Å². The highest BCUT2D eigenvalue weighted by molar-refractivity contribution is 8.01. The Morgan fingerprint density at radius 2 is 2.19 bits per heavy atom.